The summed E-state index contributed by atoms with van der Waals surface area (Å²) in [6.45, 7) is 0. The lowest BCUT2D eigenvalue weighted by molar-refractivity contribution is -0.00559. The van der Waals surface area contributed by atoms with Gasteiger partial charge in [-0.1, -0.05) is 30.3 Å². The number of epoxide rings is 1. The normalized spacial score (nSPS) is 40.4. The van der Waals surface area contributed by atoms with Crippen LogP contribution in [0.15, 0.2) is 30.3 Å². The molecule has 1 N–H and O–H groups in total. The van der Waals surface area contributed by atoms with E-state index < -0.39 is 5.60 Å². The molecule has 1 saturated carbocycles. The first kappa shape index (κ1) is 8.45. The number of fused-ring (bicyclic) bond motifs is 1. The van der Waals surface area contributed by atoms with Crippen LogP contribution >= 0.6 is 0 Å². The molecule has 0 bridgehead atoms. The molecule has 1 aromatic carbocycles. The molecule has 74 valence electrons. The number of benzene rings is 1. The monoisotopic (exact) mass is 190 g/mol. The molecule has 2 fully saturated rings. The second kappa shape index (κ2) is 2.81. The van der Waals surface area contributed by atoms with Crippen LogP contribution in [-0.4, -0.2) is 17.3 Å². The van der Waals surface area contributed by atoms with Crippen LogP contribution in [0.25, 0.3) is 0 Å². The first-order valence-electron chi connectivity index (χ1n) is 5.24. The average molecular weight is 190 g/mol. The standard InChI is InChI=1S/C12H14O2/c13-12(9-5-2-1-3-6-9)8-4-7-10-11(12)14-10/h1-3,5-6,10-11,13H,4,7-8H2/t10-,11-,12-/m1/s1. The lowest BCUT2D eigenvalue weighted by Crippen LogP contribution is -2.36. The van der Waals surface area contributed by atoms with E-state index in [1.807, 2.05) is 30.3 Å². The van der Waals surface area contributed by atoms with Crippen molar-refractivity contribution in [2.45, 2.75) is 37.1 Å². The van der Waals surface area contributed by atoms with E-state index >= 15 is 0 Å². The predicted molar refractivity (Wildman–Crippen MR) is 52.9 cm³/mol. The molecular weight excluding hydrogens is 176 g/mol. The van der Waals surface area contributed by atoms with Gasteiger partial charge in [-0.15, -0.1) is 0 Å². The summed E-state index contributed by atoms with van der Waals surface area (Å²) in [5.41, 5.74) is 0.289. The molecule has 0 aromatic heterocycles. The minimum atomic E-state index is -0.718. The summed E-state index contributed by atoms with van der Waals surface area (Å²) < 4.78 is 5.50. The van der Waals surface area contributed by atoms with Crippen molar-refractivity contribution in [3.8, 4) is 0 Å². The van der Waals surface area contributed by atoms with Gasteiger partial charge >= 0.3 is 0 Å². The molecule has 0 unspecified atom stereocenters. The van der Waals surface area contributed by atoms with Gasteiger partial charge in [0.05, 0.1) is 6.10 Å². The van der Waals surface area contributed by atoms with E-state index in [0.29, 0.717) is 6.10 Å². The van der Waals surface area contributed by atoms with E-state index in [4.69, 9.17) is 4.74 Å². The van der Waals surface area contributed by atoms with Gasteiger partial charge in [0.1, 0.15) is 11.7 Å². The molecule has 0 spiro atoms. The molecule has 2 heteroatoms. The van der Waals surface area contributed by atoms with Gasteiger partial charge in [0.15, 0.2) is 0 Å². The fourth-order valence-corrected chi connectivity index (χ4v) is 2.53. The van der Waals surface area contributed by atoms with Crippen LogP contribution < -0.4 is 0 Å². The Morgan fingerprint density at radius 3 is 2.86 bits per heavy atom. The Kier molecular flexibility index (Phi) is 1.70. The zero-order valence-electron chi connectivity index (χ0n) is 8.02. The Bertz CT molecular complexity index is 335. The number of hydrogen-bond donors (Lipinski definition) is 1. The smallest absolute Gasteiger partial charge is 0.118 e. The van der Waals surface area contributed by atoms with Crippen LogP contribution in [0.3, 0.4) is 0 Å². The highest BCUT2D eigenvalue weighted by atomic mass is 16.6. The van der Waals surface area contributed by atoms with Crippen LogP contribution in [-0.2, 0) is 10.3 Å². The van der Waals surface area contributed by atoms with Gasteiger partial charge < -0.3 is 9.84 Å². The summed E-state index contributed by atoms with van der Waals surface area (Å²) in [7, 11) is 0. The number of hydrogen-bond acceptors (Lipinski definition) is 2. The Morgan fingerprint density at radius 1 is 1.29 bits per heavy atom. The summed E-state index contributed by atoms with van der Waals surface area (Å²) in [6, 6.07) is 9.90. The molecule has 1 aliphatic heterocycles. The maximum absolute atomic E-state index is 10.5. The molecular formula is C12H14O2. The zero-order valence-corrected chi connectivity index (χ0v) is 8.02. The minimum absolute atomic E-state index is 0.0543. The largest absolute Gasteiger partial charge is 0.382 e. The van der Waals surface area contributed by atoms with Gasteiger partial charge in [0, 0.05) is 0 Å². The molecule has 0 amide bonds. The molecule has 0 radical (unpaired) electrons. The highest BCUT2D eigenvalue weighted by Crippen LogP contribution is 2.48. The Labute approximate surface area is 83.5 Å². The highest BCUT2D eigenvalue weighted by molar-refractivity contribution is 5.27. The maximum atomic E-state index is 10.5. The lowest BCUT2D eigenvalue weighted by Gasteiger charge is -2.29. The fourth-order valence-electron chi connectivity index (χ4n) is 2.53. The maximum Gasteiger partial charge on any atom is 0.118 e. The molecule has 2 nitrogen and oxygen atoms in total. The van der Waals surface area contributed by atoms with Crippen LogP contribution in [0.5, 0.6) is 0 Å². The van der Waals surface area contributed by atoms with E-state index in [-0.39, 0.29) is 6.10 Å². The third kappa shape index (κ3) is 1.11. The van der Waals surface area contributed by atoms with E-state index in [9.17, 15) is 5.11 Å². The van der Waals surface area contributed by atoms with Crippen molar-refractivity contribution in [3.63, 3.8) is 0 Å². The first-order valence-corrected chi connectivity index (χ1v) is 5.24. The van der Waals surface area contributed by atoms with Crippen LogP contribution in [0.2, 0.25) is 0 Å². The quantitative estimate of drug-likeness (QED) is 0.685. The third-order valence-electron chi connectivity index (χ3n) is 3.37. The molecule has 1 aromatic rings. The average Bonchev–Trinajstić information content (AvgIpc) is 3.00. The van der Waals surface area contributed by atoms with Gasteiger partial charge in [-0.05, 0) is 24.8 Å². The van der Waals surface area contributed by atoms with Crippen LogP contribution in [0.4, 0.5) is 0 Å². The van der Waals surface area contributed by atoms with Crippen molar-refractivity contribution >= 4 is 0 Å². The molecule has 1 aliphatic carbocycles. The number of rotatable bonds is 1. The Balaban J connectivity index is 1.96. The summed E-state index contributed by atoms with van der Waals surface area (Å²) in [6.07, 6.45) is 3.37. The van der Waals surface area contributed by atoms with Gasteiger partial charge in [-0.3, -0.25) is 0 Å². The van der Waals surface area contributed by atoms with Crippen LogP contribution in [0, 0.1) is 0 Å². The van der Waals surface area contributed by atoms with Crippen molar-refractivity contribution in [1.82, 2.24) is 0 Å². The van der Waals surface area contributed by atoms with Crippen molar-refractivity contribution in [2.75, 3.05) is 0 Å². The van der Waals surface area contributed by atoms with E-state index in [1.165, 1.54) is 0 Å². The predicted octanol–water partition coefficient (Wildman–Crippen LogP) is 1.83. The molecule has 3 rings (SSSR count). The van der Waals surface area contributed by atoms with Gasteiger partial charge in [0.2, 0.25) is 0 Å². The molecule has 1 saturated heterocycles. The van der Waals surface area contributed by atoms with Gasteiger partial charge in [-0.2, -0.15) is 0 Å². The Hall–Kier alpha value is -0.860. The SMILES string of the molecule is O[C@@]1(c2ccccc2)CCC[C@H]2O[C@H]21. The van der Waals surface area contributed by atoms with Gasteiger partial charge in [-0.25, -0.2) is 0 Å². The summed E-state index contributed by atoms with van der Waals surface area (Å²) in [5.74, 6) is 0. The fraction of sp³-hybridized carbons (Fsp3) is 0.500. The first-order chi connectivity index (χ1) is 6.81. The van der Waals surface area contributed by atoms with E-state index in [0.717, 1.165) is 24.8 Å². The molecule has 3 atom stereocenters. The minimum Gasteiger partial charge on any atom is -0.382 e. The summed E-state index contributed by atoms with van der Waals surface area (Å²) >= 11 is 0. The van der Waals surface area contributed by atoms with Crippen molar-refractivity contribution < 1.29 is 9.84 Å². The summed E-state index contributed by atoms with van der Waals surface area (Å²) in [5, 5.41) is 10.5. The second-order valence-electron chi connectivity index (χ2n) is 4.28. The number of ether oxygens (including phenoxy) is 1. The topological polar surface area (TPSA) is 32.8 Å². The molecule has 1 heterocycles. The second-order valence-corrected chi connectivity index (χ2v) is 4.28. The lowest BCUT2D eigenvalue weighted by atomic mass is 9.80. The molecule has 2 aliphatic rings. The van der Waals surface area contributed by atoms with Gasteiger partial charge in [0.25, 0.3) is 0 Å². The van der Waals surface area contributed by atoms with E-state index in [2.05, 4.69) is 0 Å². The Morgan fingerprint density at radius 2 is 2.07 bits per heavy atom. The third-order valence-corrected chi connectivity index (χ3v) is 3.37. The summed E-state index contributed by atoms with van der Waals surface area (Å²) in [4.78, 5) is 0. The zero-order chi connectivity index (χ0) is 9.60. The van der Waals surface area contributed by atoms with E-state index in [1.54, 1.807) is 0 Å². The van der Waals surface area contributed by atoms with Crippen molar-refractivity contribution in [2.24, 2.45) is 0 Å². The highest BCUT2D eigenvalue weighted by Gasteiger charge is 2.56. The van der Waals surface area contributed by atoms with Crippen LogP contribution in [0.1, 0.15) is 24.8 Å². The molecule has 14 heavy (non-hydrogen) atoms. The number of aliphatic hydroxyl groups is 1. The van der Waals surface area contributed by atoms with Crippen molar-refractivity contribution in [1.29, 1.82) is 0 Å². The van der Waals surface area contributed by atoms with Crippen molar-refractivity contribution in [3.05, 3.63) is 35.9 Å².